The Morgan fingerprint density at radius 1 is 1.17 bits per heavy atom. The van der Waals surface area contributed by atoms with Crippen molar-refractivity contribution in [2.75, 3.05) is 17.8 Å². The van der Waals surface area contributed by atoms with Gasteiger partial charge in [-0.05, 0) is 18.4 Å². The Labute approximate surface area is 137 Å². The van der Waals surface area contributed by atoms with Crippen LogP contribution in [0.2, 0.25) is 0 Å². The molecule has 10 heteroatoms. The quantitative estimate of drug-likeness (QED) is 0.235. The number of hydrogen-bond donors (Lipinski definition) is 5. The molecule has 0 aromatic heterocycles. The van der Waals surface area contributed by atoms with Crippen LogP contribution in [0, 0.1) is 0 Å². The Morgan fingerprint density at radius 2 is 1.56 bits per heavy atom. The van der Waals surface area contributed by atoms with E-state index in [1.807, 2.05) is 6.26 Å². The molecule has 2 atom stereocenters. The third-order valence-electron chi connectivity index (χ3n) is 1.46. The third kappa shape index (κ3) is 19.0. The van der Waals surface area contributed by atoms with Crippen LogP contribution in [0.1, 0.15) is 6.42 Å². The van der Waals surface area contributed by atoms with Crippen LogP contribution in [0.25, 0.3) is 0 Å². The first-order valence-corrected chi connectivity index (χ1v) is 6.46. The molecule has 0 aliphatic heterocycles. The number of carbonyl (C=O) groups is 2. The van der Waals surface area contributed by atoms with Gasteiger partial charge in [-0.2, -0.15) is 24.4 Å². The molecule has 2 unspecified atom stereocenters. The topological polar surface area (TPSA) is 127 Å². The van der Waals surface area contributed by atoms with Gasteiger partial charge in [0, 0.05) is 5.75 Å². The van der Waals surface area contributed by atoms with Crippen molar-refractivity contribution in [2.45, 2.75) is 18.5 Å². The molecule has 6 N–H and O–H groups in total. The minimum absolute atomic E-state index is 0. The first-order valence-electron chi connectivity index (χ1n) is 4.43. The van der Waals surface area contributed by atoms with Gasteiger partial charge < -0.3 is 21.7 Å². The molecule has 0 aromatic rings. The molecule has 0 heterocycles. The average Bonchev–Trinajstić information content (AvgIpc) is 2.25. The van der Waals surface area contributed by atoms with Crippen molar-refractivity contribution in [3.8, 4) is 0 Å². The van der Waals surface area contributed by atoms with Crippen molar-refractivity contribution in [3.05, 3.63) is 0 Å². The molecule has 0 aliphatic rings. The molecular formula is C8H22N2O4S2Se2. The summed E-state index contributed by atoms with van der Waals surface area (Å²) in [6.45, 7) is 0. The van der Waals surface area contributed by atoms with Gasteiger partial charge in [-0.25, -0.2) is 0 Å². The van der Waals surface area contributed by atoms with E-state index in [1.165, 1.54) is 0 Å². The van der Waals surface area contributed by atoms with Crippen LogP contribution >= 0.6 is 24.4 Å². The summed E-state index contributed by atoms with van der Waals surface area (Å²) in [7, 11) is 0. The summed E-state index contributed by atoms with van der Waals surface area (Å²) in [5, 5.41) is 16.3. The number of thiol groups is 1. The van der Waals surface area contributed by atoms with Gasteiger partial charge in [0.1, 0.15) is 12.1 Å². The molecule has 18 heavy (non-hydrogen) atoms. The molecular weight excluding hydrogens is 410 g/mol. The van der Waals surface area contributed by atoms with E-state index in [-0.39, 0.29) is 39.9 Å². The van der Waals surface area contributed by atoms with Gasteiger partial charge in [0.2, 0.25) is 0 Å². The number of hydrogen-bond acceptors (Lipinski definition) is 6. The summed E-state index contributed by atoms with van der Waals surface area (Å²) in [6.07, 6.45) is 2.48. The van der Waals surface area contributed by atoms with Crippen molar-refractivity contribution in [1.82, 2.24) is 0 Å². The number of thioether (sulfide) groups is 1. The molecule has 0 rings (SSSR count). The van der Waals surface area contributed by atoms with Crippen LogP contribution < -0.4 is 11.5 Å². The van der Waals surface area contributed by atoms with E-state index in [2.05, 4.69) is 12.6 Å². The van der Waals surface area contributed by atoms with Gasteiger partial charge >= 0.3 is 46.1 Å². The van der Waals surface area contributed by atoms with Gasteiger partial charge in [0.05, 0.1) is 0 Å². The molecule has 0 radical (unpaired) electrons. The van der Waals surface area contributed by atoms with E-state index >= 15 is 0 Å². The summed E-state index contributed by atoms with van der Waals surface area (Å²) in [6, 6.07) is -1.50. The summed E-state index contributed by atoms with van der Waals surface area (Å²) in [5.74, 6) is -0.915. The molecule has 0 aliphatic carbocycles. The normalized spacial score (nSPS) is 11.8. The summed E-state index contributed by atoms with van der Waals surface area (Å²) >= 11 is 5.25. The van der Waals surface area contributed by atoms with Crippen LogP contribution in [0.3, 0.4) is 0 Å². The molecule has 0 aromatic carbocycles. The molecule has 0 saturated heterocycles. The maximum absolute atomic E-state index is 10.1. The van der Waals surface area contributed by atoms with Gasteiger partial charge in [-0.15, -0.1) is 0 Å². The van der Waals surface area contributed by atoms with Gasteiger partial charge in [0.25, 0.3) is 0 Å². The monoisotopic (exact) mass is 434 g/mol. The fraction of sp³-hybridized carbons (Fsp3) is 0.750. The fourth-order valence-corrected chi connectivity index (χ4v) is 1.09. The van der Waals surface area contributed by atoms with Crippen molar-refractivity contribution >= 4 is 70.5 Å². The van der Waals surface area contributed by atoms with E-state index in [1.54, 1.807) is 11.8 Å². The van der Waals surface area contributed by atoms with Gasteiger partial charge in [-0.3, -0.25) is 9.59 Å². The molecule has 0 spiro atoms. The number of rotatable bonds is 6. The van der Waals surface area contributed by atoms with Crippen molar-refractivity contribution in [2.24, 2.45) is 11.5 Å². The summed E-state index contributed by atoms with van der Waals surface area (Å²) in [5.41, 5.74) is 10.1. The third-order valence-corrected chi connectivity index (χ3v) is 2.50. The van der Waals surface area contributed by atoms with Crippen LogP contribution in [0.15, 0.2) is 0 Å². The van der Waals surface area contributed by atoms with E-state index in [4.69, 9.17) is 21.7 Å². The van der Waals surface area contributed by atoms with Crippen LogP contribution in [-0.2, 0) is 9.59 Å². The first kappa shape index (κ1) is 27.0. The summed E-state index contributed by atoms with van der Waals surface area (Å²) in [4.78, 5) is 19.8. The van der Waals surface area contributed by atoms with Crippen LogP contribution in [-0.4, -0.2) is 86.1 Å². The first-order chi connectivity index (χ1) is 7.36. The average molecular weight is 432 g/mol. The Hall–Kier alpha value is 0.599. The van der Waals surface area contributed by atoms with E-state index in [9.17, 15) is 9.59 Å². The van der Waals surface area contributed by atoms with Crippen molar-refractivity contribution in [1.29, 1.82) is 0 Å². The second-order valence-corrected chi connectivity index (χ2v) is 4.20. The number of carboxylic acid groups (broad SMARTS) is 2. The fourth-order valence-electron chi connectivity index (χ4n) is 0.446. The Kier molecular flexibility index (Phi) is 26.4. The number of carboxylic acids is 2. The zero-order valence-electron chi connectivity index (χ0n) is 10.00. The van der Waals surface area contributed by atoms with Crippen LogP contribution in [0.5, 0.6) is 0 Å². The SMILES string of the molecule is CSCCC(N)C(=O)O.NC(CS)C(=O)O.[SeH2].[SeH2]. The number of nitrogens with two attached hydrogens (primary N) is 2. The van der Waals surface area contributed by atoms with Gasteiger partial charge in [-0.1, -0.05) is 0 Å². The maximum atomic E-state index is 10.1. The molecule has 112 valence electrons. The Balaban J connectivity index is -0.000000100. The standard InChI is InChI=1S/C5H11NO2S.C3H7NO2S.2H2Se/c1-9-3-2-4(6)5(7)8;4-2(1-7)3(5)6;;/h4H,2-3,6H2,1H3,(H,7,8);2,7H,1,4H2,(H,5,6);2*1H2. The second-order valence-electron chi connectivity index (χ2n) is 2.85. The van der Waals surface area contributed by atoms with Gasteiger partial charge in [0.15, 0.2) is 0 Å². The molecule has 0 amide bonds. The molecule has 6 nitrogen and oxygen atoms in total. The minimum atomic E-state index is -1.00. The zero-order valence-corrected chi connectivity index (χ0v) is 15.9. The van der Waals surface area contributed by atoms with Crippen molar-refractivity contribution < 1.29 is 19.8 Å². The van der Waals surface area contributed by atoms with E-state index in [0.29, 0.717) is 6.42 Å². The molecule has 0 bridgehead atoms. The second kappa shape index (κ2) is 17.6. The van der Waals surface area contributed by atoms with E-state index < -0.39 is 24.0 Å². The molecule has 0 fully saturated rings. The molecule has 0 saturated carbocycles. The predicted octanol–water partition coefficient (Wildman–Crippen LogP) is -2.35. The van der Waals surface area contributed by atoms with Crippen LogP contribution in [0.4, 0.5) is 0 Å². The zero-order chi connectivity index (χ0) is 13.1. The number of aliphatic carboxylic acids is 2. The van der Waals surface area contributed by atoms with Crippen molar-refractivity contribution in [3.63, 3.8) is 0 Å². The Bertz CT molecular complexity index is 225. The van der Waals surface area contributed by atoms with E-state index in [0.717, 1.165) is 5.75 Å². The predicted molar refractivity (Wildman–Crippen MR) is 85.2 cm³/mol. The Morgan fingerprint density at radius 3 is 1.72 bits per heavy atom. The summed E-state index contributed by atoms with van der Waals surface area (Å²) < 4.78 is 0.